The topological polar surface area (TPSA) is 117 Å². The van der Waals surface area contributed by atoms with Crippen LogP contribution in [0.1, 0.15) is 43.2 Å². The Kier molecular flexibility index (Phi) is 11.0. The van der Waals surface area contributed by atoms with Gasteiger partial charge in [-0.05, 0) is 49.8 Å². The molecule has 0 bridgehead atoms. The van der Waals surface area contributed by atoms with Crippen LogP contribution in [0.5, 0.6) is 0 Å². The summed E-state index contributed by atoms with van der Waals surface area (Å²) in [5.41, 5.74) is 1.81. The molecule has 9 nitrogen and oxygen atoms in total. The third kappa shape index (κ3) is 9.58. The first kappa shape index (κ1) is 27.0. The van der Waals surface area contributed by atoms with Crippen LogP contribution < -0.4 is 10.6 Å². The predicted octanol–water partition coefficient (Wildman–Crippen LogP) is 3.93. The second-order valence-electron chi connectivity index (χ2n) is 8.88. The van der Waals surface area contributed by atoms with Gasteiger partial charge >= 0.3 is 18.2 Å². The molecule has 0 aliphatic carbocycles. The minimum atomic E-state index is -0.837. The maximum absolute atomic E-state index is 12.4. The number of hydrogen-bond donors (Lipinski definition) is 3. The van der Waals surface area contributed by atoms with Crippen LogP contribution in [0.25, 0.3) is 0 Å². The van der Waals surface area contributed by atoms with Gasteiger partial charge < -0.3 is 25.2 Å². The fourth-order valence-electron chi connectivity index (χ4n) is 4.23. The molecule has 2 atom stereocenters. The van der Waals surface area contributed by atoms with Crippen molar-refractivity contribution in [2.45, 2.75) is 57.4 Å². The summed E-state index contributed by atoms with van der Waals surface area (Å²) in [5, 5.41) is 15.1. The first-order valence-electron chi connectivity index (χ1n) is 12.4. The molecule has 36 heavy (non-hydrogen) atoms. The molecule has 0 aromatic heterocycles. The highest BCUT2D eigenvalue weighted by Gasteiger charge is 2.32. The molecule has 3 N–H and O–H groups in total. The Morgan fingerprint density at radius 3 is 2.14 bits per heavy atom. The highest BCUT2D eigenvalue weighted by Crippen LogP contribution is 2.19. The average molecular weight is 498 g/mol. The number of ether oxygens (including phenoxy) is 2. The zero-order valence-corrected chi connectivity index (χ0v) is 20.4. The lowest BCUT2D eigenvalue weighted by Crippen LogP contribution is -2.47. The fourth-order valence-corrected chi connectivity index (χ4v) is 4.23. The molecule has 9 heteroatoms. The van der Waals surface area contributed by atoms with Crippen LogP contribution in [-0.2, 0) is 27.5 Å². The van der Waals surface area contributed by atoms with Crippen molar-refractivity contribution in [1.29, 1.82) is 0 Å². The molecule has 0 radical (unpaired) electrons. The lowest BCUT2D eigenvalue weighted by Gasteiger charge is -2.27. The number of rotatable bonds is 13. The quantitative estimate of drug-likeness (QED) is 0.359. The highest BCUT2D eigenvalue weighted by atomic mass is 16.6. The van der Waals surface area contributed by atoms with Crippen molar-refractivity contribution >= 4 is 18.2 Å². The van der Waals surface area contributed by atoms with Crippen LogP contribution in [0.15, 0.2) is 60.7 Å². The number of hydrogen-bond acceptors (Lipinski definition) is 6. The second kappa shape index (κ2) is 14.7. The average Bonchev–Trinajstić information content (AvgIpc) is 3.36. The van der Waals surface area contributed by atoms with Crippen LogP contribution in [0.2, 0.25) is 0 Å². The molecule has 2 aromatic rings. The largest absolute Gasteiger partial charge is 0.480 e. The molecule has 0 spiro atoms. The maximum atomic E-state index is 12.4. The van der Waals surface area contributed by atoms with Gasteiger partial charge in [-0.25, -0.2) is 9.59 Å². The van der Waals surface area contributed by atoms with Gasteiger partial charge in [0, 0.05) is 19.1 Å². The number of benzene rings is 2. The summed E-state index contributed by atoms with van der Waals surface area (Å²) in [7, 11) is 0. The number of unbranched alkanes of at least 4 members (excludes halogenated alkanes) is 1. The Hall–Kier alpha value is -3.59. The van der Waals surface area contributed by atoms with E-state index in [1.165, 1.54) is 0 Å². The van der Waals surface area contributed by atoms with Gasteiger partial charge in [0.05, 0.1) is 0 Å². The van der Waals surface area contributed by atoms with Crippen LogP contribution in [0.4, 0.5) is 9.59 Å². The summed E-state index contributed by atoms with van der Waals surface area (Å²) in [6.07, 6.45) is 2.47. The van der Waals surface area contributed by atoms with E-state index >= 15 is 0 Å². The third-order valence-electron chi connectivity index (χ3n) is 6.10. The van der Waals surface area contributed by atoms with Crippen molar-refractivity contribution in [2.24, 2.45) is 0 Å². The zero-order chi connectivity index (χ0) is 25.6. The number of carbonyl (C=O) groups excluding carboxylic acids is 2. The number of carbonyl (C=O) groups is 3. The maximum Gasteiger partial charge on any atom is 0.407 e. The van der Waals surface area contributed by atoms with Crippen LogP contribution >= 0.6 is 0 Å². The number of nitrogens with zero attached hydrogens (tertiary/aromatic N) is 1. The summed E-state index contributed by atoms with van der Waals surface area (Å²) in [6, 6.07) is 18.1. The van der Waals surface area contributed by atoms with Gasteiger partial charge in [-0.1, -0.05) is 60.7 Å². The summed E-state index contributed by atoms with van der Waals surface area (Å²) in [5.74, 6) is -0.837. The van der Waals surface area contributed by atoms with Gasteiger partial charge in [0.15, 0.2) is 0 Å². The fraction of sp³-hybridized carbons (Fsp3) is 0.444. The van der Waals surface area contributed by atoms with E-state index in [1.807, 2.05) is 65.6 Å². The van der Waals surface area contributed by atoms with Gasteiger partial charge in [-0.15, -0.1) is 0 Å². The van der Waals surface area contributed by atoms with Gasteiger partial charge in [0.1, 0.15) is 19.3 Å². The van der Waals surface area contributed by atoms with E-state index in [9.17, 15) is 19.5 Å². The number of likely N-dealkylation sites (tertiary alicyclic amines) is 1. The lowest BCUT2D eigenvalue weighted by atomic mass is 10.1. The Morgan fingerprint density at radius 2 is 1.53 bits per heavy atom. The first-order chi connectivity index (χ1) is 17.5. The summed E-state index contributed by atoms with van der Waals surface area (Å²) >= 11 is 0. The first-order valence-corrected chi connectivity index (χ1v) is 12.4. The molecule has 1 fully saturated rings. The van der Waals surface area contributed by atoms with E-state index in [1.54, 1.807) is 0 Å². The number of amides is 2. The summed E-state index contributed by atoms with van der Waals surface area (Å²) in [4.78, 5) is 37.8. The SMILES string of the molecule is O=C(NCCCC[C@@H](CN1CCC[C@@H]1C(=O)O)NC(=O)OCc1ccccc1)OCc1ccccc1. The molecule has 1 aliphatic rings. The Bertz CT molecular complexity index is 956. The van der Waals surface area contributed by atoms with Crippen molar-refractivity contribution in [3.05, 3.63) is 71.8 Å². The van der Waals surface area contributed by atoms with Crippen molar-refractivity contribution in [1.82, 2.24) is 15.5 Å². The summed E-state index contributed by atoms with van der Waals surface area (Å²) < 4.78 is 10.6. The molecular formula is C27H35N3O6. The van der Waals surface area contributed by atoms with E-state index in [2.05, 4.69) is 10.6 Å². The van der Waals surface area contributed by atoms with Gasteiger partial charge in [-0.2, -0.15) is 0 Å². The molecule has 1 heterocycles. The molecule has 194 valence electrons. The van der Waals surface area contributed by atoms with Crippen molar-refractivity contribution in [2.75, 3.05) is 19.6 Å². The van der Waals surface area contributed by atoms with E-state index < -0.39 is 24.2 Å². The standard InChI is InChI=1S/C27H35N3O6/c31-25(32)24-15-9-17-30(24)18-23(29-27(34)36-20-22-12-5-2-6-13-22)14-7-8-16-28-26(33)35-19-21-10-3-1-4-11-21/h1-6,10-13,23-24H,7-9,14-20H2,(H,28,33)(H,29,34)(H,31,32)/t23-,24+/m0/s1. The number of carboxylic acids is 1. The monoisotopic (exact) mass is 497 g/mol. The van der Waals surface area contributed by atoms with Crippen LogP contribution in [-0.4, -0.2) is 59.9 Å². The smallest absolute Gasteiger partial charge is 0.407 e. The Labute approximate surface area is 211 Å². The molecule has 3 rings (SSSR count). The van der Waals surface area contributed by atoms with E-state index in [0.29, 0.717) is 38.9 Å². The molecular weight excluding hydrogens is 462 g/mol. The molecule has 2 aromatic carbocycles. The molecule has 0 saturated carbocycles. The van der Waals surface area contributed by atoms with Gasteiger partial charge in [0.2, 0.25) is 0 Å². The number of aliphatic carboxylic acids is 1. The third-order valence-corrected chi connectivity index (χ3v) is 6.10. The zero-order valence-electron chi connectivity index (χ0n) is 20.4. The van der Waals surface area contributed by atoms with Crippen molar-refractivity contribution < 1.29 is 29.0 Å². The normalized spacial score (nSPS) is 16.2. The van der Waals surface area contributed by atoms with Crippen LogP contribution in [0, 0.1) is 0 Å². The molecule has 2 amide bonds. The molecule has 1 aliphatic heterocycles. The van der Waals surface area contributed by atoms with E-state index in [-0.39, 0.29) is 19.3 Å². The Morgan fingerprint density at radius 1 is 0.917 bits per heavy atom. The number of carboxylic acid groups (broad SMARTS) is 1. The minimum Gasteiger partial charge on any atom is -0.480 e. The lowest BCUT2D eigenvalue weighted by molar-refractivity contribution is -0.142. The van der Waals surface area contributed by atoms with E-state index in [4.69, 9.17) is 9.47 Å². The minimum absolute atomic E-state index is 0.163. The highest BCUT2D eigenvalue weighted by molar-refractivity contribution is 5.73. The molecule has 0 unspecified atom stereocenters. The van der Waals surface area contributed by atoms with Crippen LogP contribution in [0.3, 0.4) is 0 Å². The second-order valence-corrected chi connectivity index (χ2v) is 8.88. The van der Waals surface area contributed by atoms with Gasteiger partial charge in [0.25, 0.3) is 0 Å². The van der Waals surface area contributed by atoms with Gasteiger partial charge in [-0.3, -0.25) is 9.69 Å². The van der Waals surface area contributed by atoms with Crippen molar-refractivity contribution in [3.8, 4) is 0 Å². The van der Waals surface area contributed by atoms with Crippen molar-refractivity contribution in [3.63, 3.8) is 0 Å². The Balaban J connectivity index is 1.41. The number of nitrogens with one attached hydrogen (secondary N) is 2. The molecule has 1 saturated heterocycles. The van der Waals surface area contributed by atoms with E-state index in [0.717, 1.165) is 24.0 Å². The number of alkyl carbamates (subject to hydrolysis) is 2. The predicted molar refractivity (Wildman–Crippen MR) is 134 cm³/mol. The summed E-state index contributed by atoms with van der Waals surface area (Å²) in [6.45, 7) is 1.94.